The molecular formula is C16H16O2S. The molecule has 0 bridgehead atoms. The molecule has 0 aliphatic carbocycles. The van der Waals surface area contributed by atoms with E-state index in [1.807, 2.05) is 12.1 Å². The summed E-state index contributed by atoms with van der Waals surface area (Å²) in [4.78, 5) is 11.6. The van der Waals surface area contributed by atoms with E-state index in [1.165, 1.54) is 16.7 Å². The summed E-state index contributed by atoms with van der Waals surface area (Å²) in [5.41, 5.74) is 3.64. The summed E-state index contributed by atoms with van der Waals surface area (Å²) in [6.45, 7) is 2.08. The van der Waals surface area contributed by atoms with Crippen molar-refractivity contribution in [1.29, 1.82) is 0 Å². The molecule has 0 saturated heterocycles. The van der Waals surface area contributed by atoms with Gasteiger partial charge in [-0.15, -0.1) is 11.8 Å². The highest BCUT2D eigenvalue weighted by atomic mass is 32.2. The van der Waals surface area contributed by atoms with E-state index in [1.54, 1.807) is 11.8 Å². The van der Waals surface area contributed by atoms with Crippen molar-refractivity contribution in [3.63, 3.8) is 0 Å². The van der Waals surface area contributed by atoms with Crippen LogP contribution in [-0.2, 0) is 4.79 Å². The van der Waals surface area contributed by atoms with E-state index in [0.717, 1.165) is 4.90 Å². The molecule has 0 fully saturated rings. The molecule has 0 spiro atoms. The summed E-state index contributed by atoms with van der Waals surface area (Å²) in [7, 11) is 0. The first-order chi connectivity index (χ1) is 9.15. The lowest BCUT2D eigenvalue weighted by Crippen LogP contribution is -1.95. The maximum atomic E-state index is 10.4. The average molecular weight is 272 g/mol. The van der Waals surface area contributed by atoms with Crippen LogP contribution in [0, 0.1) is 6.92 Å². The average Bonchev–Trinajstić information content (AvgIpc) is 2.39. The molecule has 0 aromatic heterocycles. The Morgan fingerprint density at radius 3 is 2.47 bits per heavy atom. The first kappa shape index (κ1) is 13.7. The lowest BCUT2D eigenvalue weighted by Gasteiger charge is -2.05. The quantitative estimate of drug-likeness (QED) is 0.828. The third kappa shape index (κ3) is 4.14. The number of hydrogen-bond acceptors (Lipinski definition) is 2. The van der Waals surface area contributed by atoms with Crippen molar-refractivity contribution < 1.29 is 9.90 Å². The van der Waals surface area contributed by atoms with Gasteiger partial charge in [0.1, 0.15) is 0 Å². The highest BCUT2D eigenvalue weighted by molar-refractivity contribution is 7.99. The maximum Gasteiger partial charge on any atom is 0.304 e. The van der Waals surface area contributed by atoms with Crippen LogP contribution in [0.5, 0.6) is 0 Å². The highest BCUT2D eigenvalue weighted by Crippen LogP contribution is 2.25. The Morgan fingerprint density at radius 1 is 1.11 bits per heavy atom. The van der Waals surface area contributed by atoms with E-state index in [2.05, 4.69) is 43.3 Å². The van der Waals surface area contributed by atoms with Gasteiger partial charge in [-0.1, -0.05) is 42.0 Å². The van der Waals surface area contributed by atoms with E-state index in [-0.39, 0.29) is 6.42 Å². The third-order valence-corrected chi connectivity index (χ3v) is 3.80. The summed E-state index contributed by atoms with van der Waals surface area (Å²) < 4.78 is 0. The van der Waals surface area contributed by atoms with Crippen molar-refractivity contribution in [2.75, 3.05) is 5.75 Å². The molecule has 0 aliphatic heterocycles. The molecule has 19 heavy (non-hydrogen) atoms. The van der Waals surface area contributed by atoms with E-state index in [4.69, 9.17) is 5.11 Å². The van der Waals surface area contributed by atoms with Gasteiger partial charge in [-0.2, -0.15) is 0 Å². The summed E-state index contributed by atoms with van der Waals surface area (Å²) in [5.74, 6) is -0.136. The fourth-order valence-corrected chi connectivity index (χ4v) is 2.67. The van der Waals surface area contributed by atoms with E-state index < -0.39 is 5.97 Å². The van der Waals surface area contributed by atoms with Crippen LogP contribution in [0.4, 0.5) is 0 Å². The van der Waals surface area contributed by atoms with E-state index in [0.29, 0.717) is 5.75 Å². The Bertz CT molecular complexity index is 561. The van der Waals surface area contributed by atoms with Gasteiger partial charge in [0, 0.05) is 10.6 Å². The Kier molecular flexibility index (Phi) is 4.63. The highest BCUT2D eigenvalue weighted by Gasteiger charge is 2.01. The Morgan fingerprint density at radius 2 is 1.84 bits per heavy atom. The third-order valence-electron chi connectivity index (χ3n) is 2.79. The minimum Gasteiger partial charge on any atom is -0.481 e. The summed E-state index contributed by atoms with van der Waals surface area (Å²) in [6.07, 6.45) is 0.199. The van der Waals surface area contributed by atoms with Crippen LogP contribution >= 0.6 is 11.8 Å². The fraction of sp³-hybridized carbons (Fsp3) is 0.188. The van der Waals surface area contributed by atoms with Gasteiger partial charge < -0.3 is 5.11 Å². The molecule has 0 saturated carbocycles. The van der Waals surface area contributed by atoms with Gasteiger partial charge in [-0.25, -0.2) is 0 Å². The summed E-state index contributed by atoms with van der Waals surface area (Å²) in [5, 5.41) is 8.60. The molecule has 0 radical (unpaired) electrons. The lowest BCUT2D eigenvalue weighted by molar-refractivity contribution is -0.136. The molecule has 0 unspecified atom stereocenters. The van der Waals surface area contributed by atoms with Crippen molar-refractivity contribution in [3.05, 3.63) is 54.1 Å². The van der Waals surface area contributed by atoms with Crippen LogP contribution in [-0.4, -0.2) is 16.8 Å². The number of thioether (sulfide) groups is 1. The molecule has 0 aliphatic rings. The molecule has 0 atom stereocenters. The standard InChI is InChI=1S/C16H16O2S/c1-12-3-2-4-14(11-12)13-5-7-15(8-6-13)19-10-9-16(17)18/h2-8,11H,9-10H2,1H3,(H,17,18). The summed E-state index contributed by atoms with van der Waals surface area (Å²) >= 11 is 1.57. The smallest absolute Gasteiger partial charge is 0.304 e. The largest absolute Gasteiger partial charge is 0.481 e. The van der Waals surface area contributed by atoms with Crippen LogP contribution in [0.25, 0.3) is 11.1 Å². The number of aryl methyl sites for hydroxylation is 1. The lowest BCUT2D eigenvalue weighted by atomic mass is 10.0. The van der Waals surface area contributed by atoms with Crippen molar-refractivity contribution >= 4 is 17.7 Å². The SMILES string of the molecule is Cc1cccc(-c2ccc(SCCC(=O)O)cc2)c1. The molecule has 1 N–H and O–H groups in total. The Labute approximate surface area is 117 Å². The van der Waals surface area contributed by atoms with Crippen LogP contribution < -0.4 is 0 Å². The van der Waals surface area contributed by atoms with Gasteiger partial charge in [0.2, 0.25) is 0 Å². The number of benzene rings is 2. The van der Waals surface area contributed by atoms with Crippen molar-refractivity contribution in [3.8, 4) is 11.1 Å². The first-order valence-corrected chi connectivity index (χ1v) is 7.15. The van der Waals surface area contributed by atoms with Gasteiger partial charge in [0.05, 0.1) is 6.42 Å². The molecule has 2 rings (SSSR count). The predicted molar refractivity (Wildman–Crippen MR) is 79.6 cm³/mol. The minimum atomic E-state index is -0.746. The van der Waals surface area contributed by atoms with Crippen LogP contribution in [0.2, 0.25) is 0 Å². The van der Waals surface area contributed by atoms with Crippen LogP contribution in [0.15, 0.2) is 53.4 Å². The Balaban J connectivity index is 2.04. The van der Waals surface area contributed by atoms with Gasteiger partial charge >= 0.3 is 5.97 Å². The zero-order valence-corrected chi connectivity index (χ0v) is 11.6. The van der Waals surface area contributed by atoms with Gasteiger partial charge in [0.15, 0.2) is 0 Å². The number of carbonyl (C=O) groups is 1. The number of carboxylic acid groups (broad SMARTS) is 1. The van der Waals surface area contributed by atoms with E-state index >= 15 is 0 Å². The second kappa shape index (κ2) is 6.43. The van der Waals surface area contributed by atoms with Gasteiger partial charge in [-0.05, 0) is 30.2 Å². The molecule has 2 aromatic rings. The molecule has 3 heteroatoms. The fourth-order valence-electron chi connectivity index (χ4n) is 1.82. The van der Waals surface area contributed by atoms with Gasteiger partial charge in [-0.3, -0.25) is 4.79 Å². The van der Waals surface area contributed by atoms with Crippen LogP contribution in [0.1, 0.15) is 12.0 Å². The van der Waals surface area contributed by atoms with E-state index in [9.17, 15) is 4.79 Å². The topological polar surface area (TPSA) is 37.3 Å². The van der Waals surface area contributed by atoms with Crippen molar-refractivity contribution in [1.82, 2.24) is 0 Å². The monoisotopic (exact) mass is 272 g/mol. The van der Waals surface area contributed by atoms with Gasteiger partial charge in [0.25, 0.3) is 0 Å². The zero-order chi connectivity index (χ0) is 13.7. The number of rotatable bonds is 5. The second-order valence-electron chi connectivity index (χ2n) is 4.39. The predicted octanol–water partition coefficient (Wildman–Crippen LogP) is 4.23. The number of aliphatic carboxylic acids is 1. The number of hydrogen-bond donors (Lipinski definition) is 1. The molecule has 0 amide bonds. The summed E-state index contributed by atoms with van der Waals surface area (Å²) in [6, 6.07) is 16.6. The molecule has 2 aromatic carbocycles. The first-order valence-electron chi connectivity index (χ1n) is 6.17. The maximum absolute atomic E-state index is 10.4. The zero-order valence-electron chi connectivity index (χ0n) is 10.8. The normalized spacial score (nSPS) is 10.4. The van der Waals surface area contributed by atoms with Crippen molar-refractivity contribution in [2.45, 2.75) is 18.2 Å². The molecule has 98 valence electrons. The minimum absolute atomic E-state index is 0.199. The number of carboxylic acids is 1. The van der Waals surface area contributed by atoms with Crippen molar-refractivity contribution in [2.24, 2.45) is 0 Å². The molecule has 2 nitrogen and oxygen atoms in total. The second-order valence-corrected chi connectivity index (χ2v) is 5.55. The van der Waals surface area contributed by atoms with Crippen LogP contribution in [0.3, 0.4) is 0 Å². The molecular weight excluding hydrogens is 256 g/mol. The molecule has 0 heterocycles. The Hall–Kier alpha value is -1.74.